The fourth-order valence-corrected chi connectivity index (χ4v) is 4.65. The van der Waals surface area contributed by atoms with E-state index >= 15 is 0 Å². The maximum atomic E-state index is 9.52. The molecule has 9 nitrogen and oxygen atoms in total. The molecule has 2 aromatic heterocycles. The Kier molecular flexibility index (Phi) is 7.01. The van der Waals surface area contributed by atoms with Gasteiger partial charge in [-0.2, -0.15) is 10.2 Å². The Morgan fingerprint density at radius 1 is 1.11 bits per heavy atom. The minimum Gasteiger partial charge on any atom is -0.369 e. The van der Waals surface area contributed by atoms with Crippen molar-refractivity contribution in [2.24, 2.45) is 0 Å². The number of fused-ring (bicyclic) bond motifs is 1. The zero-order valence-electron chi connectivity index (χ0n) is 21.1. The normalized spacial score (nSPS) is 18.3. The highest BCUT2D eigenvalue weighted by atomic mass is 16.7. The summed E-state index contributed by atoms with van der Waals surface area (Å²) in [5, 5.41) is 16.9. The number of nitriles is 1. The fraction of sp³-hybridized carbons (Fsp3) is 0.481. The molecule has 188 valence electrons. The molecule has 9 heteroatoms. The average molecular weight is 489 g/mol. The number of nitrogens with zero attached hydrogens (tertiary/aromatic N) is 5. The van der Waals surface area contributed by atoms with Gasteiger partial charge >= 0.3 is 0 Å². The molecule has 1 N–H and O–H groups in total. The molecule has 0 spiro atoms. The van der Waals surface area contributed by atoms with Crippen LogP contribution in [0.1, 0.15) is 43.9 Å². The van der Waals surface area contributed by atoms with Gasteiger partial charge in [-0.3, -0.25) is 4.90 Å². The number of benzene rings is 1. The number of pyridine rings is 1. The largest absolute Gasteiger partial charge is 0.369 e. The van der Waals surface area contributed by atoms with Crippen LogP contribution in [0.4, 0.5) is 5.82 Å². The molecule has 0 atom stereocenters. The maximum absolute atomic E-state index is 9.52. The van der Waals surface area contributed by atoms with Gasteiger partial charge in [0.05, 0.1) is 30.4 Å². The molecule has 4 heterocycles. The lowest BCUT2D eigenvalue weighted by molar-refractivity contribution is -0.263. The van der Waals surface area contributed by atoms with E-state index in [-0.39, 0.29) is 6.04 Å². The van der Waals surface area contributed by atoms with E-state index in [0.29, 0.717) is 41.9 Å². The van der Waals surface area contributed by atoms with Crippen LogP contribution in [0.15, 0.2) is 35.0 Å². The van der Waals surface area contributed by atoms with Gasteiger partial charge in [-0.1, -0.05) is 24.2 Å². The molecule has 2 aliphatic rings. The predicted molar refractivity (Wildman–Crippen MR) is 135 cm³/mol. The van der Waals surface area contributed by atoms with Crippen molar-refractivity contribution in [3.05, 3.63) is 47.2 Å². The van der Waals surface area contributed by atoms with Crippen LogP contribution in [0.3, 0.4) is 0 Å². The molecule has 1 aromatic carbocycles. The van der Waals surface area contributed by atoms with Crippen LogP contribution < -0.4 is 5.32 Å². The smallest absolute Gasteiger partial charge is 0.259 e. The first-order valence-corrected chi connectivity index (χ1v) is 12.6. The van der Waals surface area contributed by atoms with Gasteiger partial charge in [-0.25, -0.2) is 4.98 Å². The third-order valence-corrected chi connectivity index (χ3v) is 6.79. The topological polar surface area (TPSA) is 109 Å². The summed E-state index contributed by atoms with van der Waals surface area (Å²) in [6.45, 7) is 10.1. The van der Waals surface area contributed by atoms with E-state index in [0.717, 1.165) is 44.5 Å². The van der Waals surface area contributed by atoms with E-state index in [1.165, 1.54) is 11.1 Å². The van der Waals surface area contributed by atoms with Crippen molar-refractivity contribution in [1.82, 2.24) is 20.0 Å². The lowest BCUT2D eigenvalue weighted by Gasteiger charge is -2.39. The lowest BCUT2D eigenvalue weighted by Crippen LogP contribution is -2.51. The van der Waals surface area contributed by atoms with Crippen molar-refractivity contribution in [3.8, 4) is 28.9 Å². The molecule has 0 aliphatic carbocycles. The van der Waals surface area contributed by atoms with Gasteiger partial charge < -0.3 is 19.3 Å². The molecule has 36 heavy (non-hydrogen) atoms. The van der Waals surface area contributed by atoms with Crippen molar-refractivity contribution in [2.45, 2.75) is 51.9 Å². The number of hydrogen-bond acceptors (Lipinski definition) is 9. The second kappa shape index (κ2) is 10.3. The van der Waals surface area contributed by atoms with Gasteiger partial charge in [0.15, 0.2) is 5.79 Å². The van der Waals surface area contributed by atoms with E-state index < -0.39 is 5.79 Å². The third-order valence-electron chi connectivity index (χ3n) is 6.79. The standard InChI is InChI=1S/C27H32N6O3/c1-4-9-29-24-21(14-28)13-22(15-30-24)26-31-25(32-36-26)20-6-5-18-7-10-33(11-8-19(18)12-20)23-16-34-27(2,3)35-17-23/h5-6,12-13,15,23H,4,7-11,16-17H2,1-3H3,(H,29,30). The minimum atomic E-state index is -0.496. The number of aromatic nitrogens is 3. The molecule has 3 aromatic rings. The van der Waals surface area contributed by atoms with Crippen molar-refractivity contribution in [3.63, 3.8) is 0 Å². The fourth-order valence-electron chi connectivity index (χ4n) is 4.65. The van der Waals surface area contributed by atoms with Crippen LogP contribution in [0.25, 0.3) is 22.8 Å². The number of rotatable bonds is 6. The summed E-state index contributed by atoms with van der Waals surface area (Å²) in [5.41, 5.74) is 4.64. The molecule has 0 saturated carbocycles. The first-order valence-electron chi connectivity index (χ1n) is 12.6. The van der Waals surface area contributed by atoms with Crippen molar-refractivity contribution >= 4 is 5.82 Å². The lowest BCUT2D eigenvalue weighted by atomic mass is 10.00. The summed E-state index contributed by atoms with van der Waals surface area (Å²) in [5.74, 6) is 0.941. The second-order valence-corrected chi connectivity index (χ2v) is 9.78. The highest BCUT2D eigenvalue weighted by Gasteiger charge is 2.32. The number of ether oxygens (including phenoxy) is 2. The Bertz CT molecular complexity index is 1250. The third kappa shape index (κ3) is 5.26. The molecular weight excluding hydrogens is 456 g/mol. The monoisotopic (exact) mass is 488 g/mol. The molecule has 2 aliphatic heterocycles. The van der Waals surface area contributed by atoms with Crippen molar-refractivity contribution < 1.29 is 14.0 Å². The SMILES string of the molecule is CCCNc1ncc(-c2nc(-c3ccc4c(c3)CCN(C3COC(C)(C)OC3)CC4)no2)cc1C#N. The Balaban J connectivity index is 1.30. The molecule has 1 saturated heterocycles. The zero-order valence-corrected chi connectivity index (χ0v) is 21.1. The molecule has 5 rings (SSSR count). The average Bonchev–Trinajstić information content (AvgIpc) is 3.29. The Hall–Kier alpha value is -3.32. The van der Waals surface area contributed by atoms with Crippen molar-refractivity contribution in [1.29, 1.82) is 5.26 Å². The predicted octanol–water partition coefficient (Wildman–Crippen LogP) is 4.04. The van der Waals surface area contributed by atoms with Crippen LogP contribution in [0, 0.1) is 11.3 Å². The Morgan fingerprint density at radius 3 is 2.64 bits per heavy atom. The highest BCUT2D eigenvalue weighted by molar-refractivity contribution is 5.64. The van der Waals surface area contributed by atoms with Gasteiger partial charge in [-0.15, -0.1) is 0 Å². The summed E-state index contributed by atoms with van der Waals surface area (Å²) < 4.78 is 17.3. The molecule has 0 amide bonds. The number of nitrogens with one attached hydrogen (secondary N) is 1. The molecule has 0 unspecified atom stereocenters. The van der Waals surface area contributed by atoms with Crippen LogP contribution in [0.5, 0.6) is 0 Å². The molecule has 0 radical (unpaired) electrons. The van der Waals surface area contributed by atoms with E-state index in [2.05, 4.69) is 56.5 Å². The van der Waals surface area contributed by atoms with Crippen LogP contribution in [-0.4, -0.2) is 64.7 Å². The Labute approximate surface area is 211 Å². The second-order valence-electron chi connectivity index (χ2n) is 9.78. The van der Waals surface area contributed by atoms with Gasteiger partial charge in [0.25, 0.3) is 5.89 Å². The van der Waals surface area contributed by atoms with Gasteiger partial charge in [0.2, 0.25) is 5.82 Å². The van der Waals surface area contributed by atoms with E-state index in [1.807, 2.05) is 13.8 Å². The maximum Gasteiger partial charge on any atom is 0.259 e. The zero-order chi connectivity index (χ0) is 25.1. The van der Waals surface area contributed by atoms with Gasteiger partial charge in [0.1, 0.15) is 11.9 Å². The van der Waals surface area contributed by atoms with E-state index in [9.17, 15) is 5.26 Å². The van der Waals surface area contributed by atoms with Crippen LogP contribution >= 0.6 is 0 Å². The first-order chi connectivity index (χ1) is 17.5. The first kappa shape index (κ1) is 24.4. The highest BCUT2D eigenvalue weighted by Crippen LogP contribution is 2.28. The summed E-state index contributed by atoms with van der Waals surface area (Å²) in [7, 11) is 0. The quantitative estimate of drug-likeness (QED) is 0.549. The number of hydrogen-bond donors (Lipinski definition) is 1. The van der Waals surface area contributed by atoms with Crippen LogP contribution in [-0.2, 0) is 22.3 Å². The van der Waals surface area contributed by atoms with Crippen LogP contribution in [0.2, 0.25) is 0 Å². The summed E-state index contributed by atoms with van der Waals surface area (Å²) in [4.78, 5) is 11.5. The van der Waals surface area contributed by atoms with Crippen molar-refractivity contribution in [2.75, 3.05) is 38.2 Å². The Morgan fingerprint density at radius 2 is 1.89 bits per heavy atom. The van der Waals surface area contributed by atoms with E-state index in [4.69, 9.17) is 14.0 Å². The molecular formula is C27H32N6O3. The van der Waals surface area contributed by atoms with Gasteiger partial charge in [0, 0.05) is 31.4 Å². The summed E-state index contributed by atoms with van der Waals surface area (Å²) in [6, 6.07) is 10.6. The van der Waals surface area contributed by atoms with Gasteiger partial charge in [-0.05, 0) is 56.4 Å². The summed E-state index contributed by atoms with van der Waals surface area (Å²) in [6.07, 6.45) is 4.52. The number of anilines is 1. The van der Waals surface area contributed by atoms with E-state index in [1.54, 1.807) is 12.3 Å². The summed E-state index contributed by atoms with van der Waals surface area (Å²) >= 11 is 0. The molecule has 0 bridgehead atoms. The minimum absolute atomic E-state index is 0.280. The molecule has 1 fully saturated rings.